The summed E-state index contributed by atoms with van der Waals surface area (Å²) in [7, 11) is 3.09. The number of imide groups is 1. The second-order valence-electron chi connectivity index (χ2n) is 6.88. The van der Waals surface area contributed by atoms with Gasteiger partial charge in [-0.25, -0.2) is 4.90 Å². The number of methoxy groups -OCH3 is 2. The molecule has 3 aromatic rings. The number of anilines is 1. The fourth-order valence-corrected chi connectivity index (χ4v) is 3.54. The zero-order chi connectivity index (χ0) is 22.0. The van der Waals surface area contributed by atoms with E-state index in [1.165, 1.54) is 0 Å². The lowest BCUT2D eigenvalue weighted by Crippen LogP contribution is -2.32. The molecular weight excluding hydrogens is 396 g/mol. The van der Waals surface area contributed by atoms with Gasteiger partial charge in [0.1, 0.15) is 0 Å². The lowest BCUT2D eigenvalue weighted by atomic mass is 10.1. The van der Waals surface area contributed by atoms with Gasteiger partial charge in [0.15, 0.2) is 11.5 Å². The van der Waals surface area contributed by atoms with Crippen molar-refractivity contribution in [3.05, 3.63) is 89.0 Å². The maximum absolute atomic E-state index is 12.9. The predicted molar refractivity (Wildman–Crippen MR) is 115 cm³/mol. The molecule has 0 aromatic heterocycles. The van der Waals surface area contributed by atoms with Crippen LogP contribution in [0.5, 0.6) is 11.5 Å². The van der Waals surface area contributed by atoms with Crippen LogP contribution in [0.15, 0.2) is 66.7 Å². The first-order chi connectivity index (χ1) is 15.0. The van der Waals surface area contributed by atoms with E-state index in [1.807, 2.05) is 6.07 Å². The number of hydrogen-bond acceptors (Lipinski definition) is 5. The zero-order valence-corrected chi connectivity index (χ0v) is 17.0. The zero-order valence-electron chi connectivity index (χ0n) is 17.0. The summed E-state index contributed by atoms with van der Waals surface area (Å²) in [6.45, 7) is 0.232. The van der Waals surface area contributed by atoms with Crippen LogP contribution in [0, 0.1) is 0 Å². The van der Waals surface area contributed by atoms with Crippen molar-refractivity contribution in [2.75, 3.05) is 19.1 Å². The van der Waals surface area contributed by atoms with E-state index in [9.17, 15) is 14.4 Å². The lowest BCUT2D eigenvalue weighted by Gasteiger charge is -2.18. The molecule has 7 heteroatoms. The van der Waals surface area contributed by atoms with Crippen molar-refractivity contribution < 1.29 is 23.9 Å². The molecule has 1 N–H and O–H groups in total. The second-order valence-corrected chi connectivity index (χ2v) is 6.88. The van der Waals surface area contributed by atoms with Crippen LogP contribution < -0.4 is 19.7 Å². The van der Waals surface area contributed by atoms with Crippen LogP contribution in [0.1, 0.15) is 36.6 Å². The van der Waals surface area contributed by atoms with Gasteiger partial charge in [0.25, 0.3) is 17.7 Å². The summed E-state index contributed by atoms with van der Waals surface area (Å²) in [5, 5.41) is 2.83. The summed E-state index contributed by atoms with van der Waals surface area (Å²) < 4.78 is 10.5. The quantitative estimate of drug-likeness (QED) is 0.623. The molecule has 0 atom stereocenters. The number of carbonyl (C=O) groups is 3. The molecule has 0 saturated heterocycles. The van der Waals surface area contributed by atoms with Gasteiger partial charge in [-0.15, -0.1) is 0 Å². The third-order valence-electron chi connectivity index (χ3n) is 5.08. The number of nitrogens with one attached hydrogen (secondary N) is 1. The molecule has 0 aliphatic carbocycles. The van der Waals surface area contributed by atoms with E-state index < -0.39 is 17.7 Å². The molecule has 156 valence electrons. The van der Waals surface area contributed by atoms with E-state index in [1.54, 1.807) is 74.9 Å². The molecule has 7 nitrogen and oxygen atoms in total. The van der Waals surface area contributed by atoms with E-state index >= 15 is 0 Å². The third-order valence-corrected chi connectivity index (χ3v) is 5.08. The number of nitrogens with zero attached hydrogens (tertiary/aromatic N) is 1. The lowest BCUT2D eigenvalue weighted by molar-refractivity contribution is 0.0926. The molecule has 0 fully saturated rings. The van der Waals surface area contributed by atoms with Crippen molar-refractivity contribution in [3.8, 4) is 11.5 Å². The molecule has 31 heavy (non-hydrogen) atoms. The van der Waals surface area contributed by atoms with Gasteiger partial charge in [-0.1, -0.05) is 30.3 Å². The fourth-order valence-electron chi connectivity index (χ4n) is 3.54. The minimum Gasteiger partial charge on any atom is -0.493 e. The average Bonchev–Trinajstić information content (AvgIpc) is 3.07. The van der Waals surface area contributed by atoms with E-state index in [-0.39, 0.29) is 17.8 Å². The molecule has 0 spiro atoms. The first-order valence-corrected chi connectivity index (χ1v) is 9.61. The van der Waals surface area contributed by atoms with Crippen LogP contribution in [0.25, 0.3) is 0 Å². The van der Waals surface area contributed by atoms with Gasteiger partial charge >= 0.3 is 0 Å². The Labute approximate surface area is 179 Å². The van der Waals surface area contributed by atoms with Crippen molar-refractivity contribution in [1.82, 2.24) is 5.32 Å². The number of para-hydroxylation sites is 1. The smallest absolute Gasteiger partial charge is 0.266 e. The number of ether oxygens (including phenoxy) is 2. The van der Waals surface area contributed by atoms with Crippen molar-refractivity contribution >= 4 is 23.4 Å². The monoisotopic (exact) mass is 416 g/mol. The van der Waals surface area contributed by atoms with Crippen molar-refractivity contribution in [2.24, 2.45) is 0 Å². The molecule has 3 aromatic carbocycles. The minimum atomic E-state index is -0.444. The third kappa shape index (κ3) is 3.61. The Balaban J connectivity index is 1.58. The topological polar surface area (TPSA) is 84.9 Å². The van der Waals surface area contributed by atoms with Crippen LogP contribution in [0.3, 0.4) is 0 Å². The number of fused-ring (bicyclic) bond motifs is 1. The summed E-state index contributed by atoms with van der Waals surface area (Å²) >= 11 is 0. The van der Waals surface area contributed by atoms with Crippen molar-refractivity contribution in [1.29, 1.82) is 0 Å². The molecule has 0 bridgehead atoms. The highest BCUT2D eigenvalue weighted by Gasteiger charge is 2.37. The summed E-state index contributed by atoms with van der Waals surface area (Å²) in [4.78, 5) is 39.7. The highest BCUT2D eigenvalue weighted by molar-refractivity contribution is 6.35. The normalized spacial score (nSPS) is 12.5. The Hall–Kier alpha value is -4.13. The Morgan fingerprint density at radius 3 is 2.10 bits per heavy atom. The predicted octanol–water partition coefficient (Wildman–Crippen LogP) is 3.43. The number of rotatable bonds is 6. The largest absolute Gasteiger partial charge is 0.493 e. The second kappa shape index (κ2) is 8.31. The molecule has 0 saturated carbocycles. The Kier molecular flexibility index (Phi) is 5.41. The molecule has 0 radical (unpaired) electrons. The standard InChI is InChI=1S/C24H20N2O5/c1-30-20-12-11-15(13-21(20)31-2)14-25-22(27)18-9-5-6-10-19(18)26-23(28)16-7-3-4-8-17(16)24(26)29/h3-13H,14H2,1-2H3,(H,25,27). The Morgan fingerprint density at radius 1 is 0.839 bits per heavy atom. The maximum atomic E-state index is 12.9. The van der Waals surface area contributed by atoms with Crippen LogP contribution in [0.2, 0.25) is 0 Å². The van der Waals surface area contributed by atoms with Crippen LogP contribution in [0.4, 0.5) is 5.69 Å². The number of benzene rings is 3. The fraction of sp³-hybridized carbons (Fsp3) is 0.125. The van der Waals surface area contributed by atoms with E-state index in [0.29, 0.717) is 22.6 Å². The number of amides is 3. The Bertz CT molecular complexity index is 1150. The maximum Gasteiger partial charge on any atom is 0.266 e. The summed E-state index contributed by atoms with van der Waals surface area (Å²) in [6, 6.07) is 18.5. The first kappa shape index (κ1) is 20.2. The summed E-state index contributed by atoms with van der Waals surface area (Å²) in [5.74, 6) is -0.141. The molecule has 0 unspecified atom stereocenters. The SMILES string of the molecule is COc1ccc(CNC(=O)c2ccccc2N2C(=O)c3ccccc3C2=O)cc1OC. The summed E-state index contributed by atoms with van der Waals surface area (Å²) in [5.41, 5.74) is 1.95. The van der Waals surface area contributed by atoms with E-state index in [4.69, 9.17) is 9.47 Å². The molecule has 1 aliphatic rings. The molecular formula is C24H20N2O5. The molecule has 4 rings (SSSR count). The first-order valence-electron chi connectivity index (χ1n) is 9.61. The number of carbonyl (C=O) groups excluding carboxylic acids is 3. The van der Waals surface area contributed by atoms with Crippen LogP contribution >= 0.6 is 0 Å². The molecule has 3 amide bonds. The van der Waals surface area contributed by atoms with Gasteiger partial charge in [0.2, 0.25) is 0 Å². The highest BCUT2D eigenvalue weighted by atomic mass is 16.5. The van der Waals surface area contributed by atoms with Gasteiger partial charge in [-0.05, 0) is 42.0 Å². The van der Waals surface area contributed by atoms with E-state index in [0.717, 1.165) is 10.5 Å². The van der Waals surface area contributed by atoms with Crippen LogP contribution in [-0.4, -0.2) is 31.9 Å². The highest BCUT2D eigenvalue weighted by Crippen LogP contribution is 2.31. The summed E-state index contributed by atoms with van der Waals surface area (Å²) in [6.07, 6.45) is 0. The van der Waals surface area contributed by atoms with Gasteiger partial charge in [0.05, 0.1) is 36.6 Å². The molecule has 1 aliphatic heterocycles. The van der Waals surface area contributed by atoms with Gasteiger partial charge in [-0.2, -0.15) is 0 Å². The van der Waals surface area contributed by atoms with Gasteiger partial charge < -0.3 is 14.8 Å². The van der Waals surface area contributed by atoms with Gasteiger partial charge in [-0.3, -0.25) is 14.4 Å². The Morgan fingerprint density at radius 2 is 1.45 bits per heavy atom. The minimum absolute atomic E-state index is 0.232. The van der Waals surface area contributed by atoms with Crippen molar-refractivity contribution in [3.63, 3.8) is 0 Å². The number of hydrogen-bond donors (Lipinski definition) is 1. The van der Waals surface area contributed by atoms with Crippen molar-refractivity contribution in [2.45, 2.75) is 6.54 Å². The van der Waals surface area contributed by atoms with Crippen LogP contribution in [-0.2, 0) is 6.54 Å². The van der Waals surface area contributed by atoms with Gasteiger partial charge in [0, 0.05) is 6.54 Å². The average molecular weight is 416 g/mol. The van der Waals surface area contributed by atoms with E-state index in [2.05, 4.69) is 5.32 Å². The molecule has 1 heterocycles.